The number of ether oxygens (including phenoxy) is 2. The van der Waals surface area contributed by atoms with Crippen molar-refractivity contribution in [1.29, 1.82) is 0 Å². The summed E-state index contributed by atoms with van der Waals surface area (Å²) in [4.78, 5) is 39.2. The van der Waals surface area contributed by atoms with Crippen LogP contribution >= 0.6 is 39.1 Å². The van der Waals surface area contributed by atoms with Gasteiger partial charge in [-0.25, -0.2) is 9.69 Å². The SMILES string of the molecule is COc1cc(/C=C2/C(=O)NC(=O)N(c3ccc(C)c(Cl)c3)C2=O)c(Br)cc1OCc1ccccc1Cl. The average Bonchev–Trinajstić information content (AvgIpc) is 2.84. The highest BCUT2D eigenvalue weighted by Gasteiger charge is 2.37. The molecule has 0 aromatic heterocycles. The fourth-order valence-electron chi connectivity index (χ4n) is 3.47. The molecule has 0 radical (unpaired) electrons. The number of anilines is 1. The molecule has 4 rings (SSSR count). The highest BCUT2D eigenvalue weighted by molar-refractivity contribution is 9.10. The lowest BCUT2D eigenvalue weighted by molar-refractivity contribution is -0.122. The van der Waals surface area contributed by atoms with Crippen LogP contribution in [0, 0.1) is 6.92 Å². The molecule has 7 nitrogen and oxygen atoms in total. The molecule has 0 atom stereocenters. The van der Waals surface area contributed by atoms with E-state index in [4.69, 9.17) is 32.7 Å². The second-order valence-corrected chi connectivity index (χ2v) is 9.46. The molecule has 0 bridgehead atoms. The van der Waals surface area contributed by atoms with Gasteiger partial charge in [0.2, 0.25) is 0 Å². The molecule has 3 aromatic carbocycles. The Bertz CT molecular complexity index is 1420. The molecule has 0 spiro atoms. The number of imide groups is 2. The smallest absolute Gasteiger partial charge is 0.335 e. The summed E-state index contributed by atoms with van der Waals surface area (Å²) < 4.78 is 11.9. The number of benzene rings is 3. The average molecular weight is 590 g/mol. The van der Waals surface area contributed by atoms with Crippen molar-refractivity contribution in [3.8, 4) is 11.5 Å². The van der Waals surface area contributed by atoms with E-state index in [-0.39, 0.29) is 17.9 Å². The molecule has 1 saturated heterocycles. The van der Waals surface area contributed by atoms with Gasteiger partial charge in [0.1, 0.15) is 12.2 Å². The van der Waals surface area contributed by atoms with Crippen molar-refractivity contribution in [2.75, 3.05) is 12.0 Å². The Labute approximate surface area is 225 Å². The third-order valence-electron chi connectivity index (χ3n) is 5.44. The molecule has 0 saturated carbocycles. The number of hydrogen-bond donors (Lipinski definition) is 1. The first-order chi connectivity index (χ1) is 17.2. The third-order valence-corrected chi connectivity index (χ3v) is 6.90. The number of hydrogen-bond acceptors (Lipinski definition) is 5. The van der Waals surface area contributed by atoms with E-state index in [1.54, 1.807) is 37.3 Å². The van der Waals surface area contributed by atoms with Gasteiger partial charge in [0.15, 0.2) is 11.5 Å². The van der Waals surface area contributed by atoms with Gasteiger partial charge < -0.3 is 9.47 Å². The fraction of sp³-hybridized carbons (Fsp3) is 0.115. The molecule has 0 unspecified atom stereocenters. The first kappa shape index (κ1) is 25.8. The number of aryl methyl sites for hydroxylation is 1. The summed E-state index contributed by atoms with van der Waals surface area (Å²) in [6, 6.07) is 14.5. The van der Waals surface area contributed by atoms with Gasteiger partial charge in [-0.2, -0.15) is 0 Å². The molecule has 4 amide bonds. The van der Waals surface area contributed by atoms with Gasteiger partial charge in [-0.05, 0) is 54.5 Å². The third kappa shape index (κ3) is 5.26. The fourth-order valence-corrected chi connectivity index (χ4v) is 4.27. The molecule has 3 aromatic rings. The van der Waals surface area contributed by atoms with Crippen LogP contribution in [-0.2, 0) is 16.2 Å². The van der Waals surface area contributed by atoms with Gasteiger partial charge >= 0.3 is 6.03 Å². The van der Waals surface area contributed by atoms with E-state index in [0.717, 1.165) is 16.0 Å². The van der Waals surface area contributed by atoms with E-state index in [1.807, 2.05) is 18.2 Å². The predicted molar refractivity (Wildman–Crippen MR) is 142 cm³/mol. The largest absolute Gasteiger partial charge is 0.493 e. The number of halogens is 3. The zero-order chi connectivity index (χ0) is 26.0. The number of methoxy groups -OCH3 is 1. The number of carbonyl (C=O) groups is 3. The summed E-state index contributed by atoms with van der Waals surface area (Å²) in [7, 11) is 1.47. The van der Waals surface area contributed by atoms with Crippen molar-refractivity contribution in [2.45, 2.75) is 13.5 Å². The lowest BCUT2D eigenvalue weighted by Gasteiger charge is -2.26. The van der Waals surface area contributed by atoms with Crippen molar-refractivity contribution >= 4 is 68.7 Å². The van der Waals surface area contributed by atoms with Gasteiger partial charge in [-0.15, -0.1) is 0 Å². The number of urea groups is 1. The van der Waals surface area contributed by atoms with Crippen molar-refractivity contribution < 1.29 is 23.9 Å². The summed E-state index contributed by atoms with van der Waals surface area (Å²) in [6.45, 7) is 2.01. The minimum absolute atomic E-state index is 0.208. The van der Waals surface area contributed by atoms with E-state index in [2.05, 4.69) is 21.2 Å². The van der Waals surface area contributed by atoms with Crippen LogP contribution in [0.2, 0.25) is 10.0 Å². The van der Waals surface area contributed by atoms with Crippen LogP contribution in [0.4, 0.5) is 10.5 Å². The van der Waals surface area contributed by atoms with Gasteiger partial charge in [0, 0.05) is 20.1 Å². The Morgan fingerprint density at radius 3 is 2.44 bits per heavy atom. The van der Waals surface area contributed by atoms with Crippen LogP contribution in [0.1, 0.15) is 16.7 Å². The zero-order valence-electron chi connectivity index (χ0n) is 19.1. The molecular weight excluding hydrogens is 571 g/mol. The second-order valence-electron chi connectivity index (χ2n) is 7.80. The molecule has 36 heavy (non-hydrogen) atoms. The highest BCUT2D eigenvalue weighted by atomic mass is 79.9. The standard InChI is InChI=1S/C26H19BrCl2N2O5/c1-14-7-8-17(11-21(14)29)31-25(33)18(24(32)30-26(31)34)9-16-10-22(35-2)23(12-19(16)27)36-13-15-5-3-4-6-20(15)28/h3-12H,13H2,1-2H3,(H,30,32,34)/b18-9-. The summed E-state index contributed by atoms with van der Waals surface area (Å²) >= 11 is 15.8. The molecule has 1 fully saturated rings. The summed E-state index contributed by atoms with van der Waals surface area (Å²) in [5.41, 5.74) is 2.05. The lowest BCUT2D eigenvalue weighted by Crippen LogP contribution is -2.54. The molecule has 0 aliphatic carbocycles. The first-order valence-electron chi connectivity index (χ1n) is 10.6. The van der Waals surface area contributed by atoms with Gasteiger partial charge in [0.05, 0.1) is 12.8 Å². The summed E-state index contributed by atoms with van der Waals surface area (Å²) in [5.74, 6) is -0.797. The molecule has 1 heterocycles. The number of carbonyl (C=O) groups excluding carboxylic acids is 3. The highest BCUT2D eigenvalue weighted by Crippen LogP contribution is 2.36. The van der Waals surface area contributed by atoms with E-state index in [9.17, 15) is 14.4 Å². The molecule has 1 aliphatic heterocycles. The zero-order valence-corrected chi connectivity index (χ0v) is 22.2. The van der Waals surface area contributed by atoms with E-state index >= 15 is 0 Å². The van der Waals surface area contributed by atoms with Crippen molar-refractivity contribution in [3.05, 3.63) is 91.4 Å². The molecule has 1 N–H and O–H groups in total. The van der Waals surface area contributed by atoms with Crippen molar-refractivity contribution in [2.24, 2.45) is 0 Å². The first-order valence-corrected chi connectivity index (χ1v) is 12.2. The number of amides is 4. The minimum atomic E-state index is -0.859. The van der Waals surface area contributed by atoms with Crippen LogP contribution in [0.5, 0.6) is 11.5 Å². The van der Waals surface area contributed by atoms with Gasteiger partial charge in [0.25, 0.3) is 11.8 Å². The Kier molecular flexibility index (Phi) is 7.68. The normalized spacial score (nSPS) is 14.8. The molecule has 10 heteroatoms. The van der Waals surface area contributed by atoms with Gasteiger partial charge in [-0.3, -0.25) is 14.9 Å². The predicted octanol–water partition coefficient (Wildman–Crippen LogP) is 6.32. The minimum Gasteiger partial charge on any atom is -0.493 e. The van der Waals surface area contributed by atoms with Crippen LogP contribution < -0.4 is 19.7 Å². The summed E-state index contributed by atoms with van der Waals surface area (Å²) in [6.07, 6.45) is 1.37. The second kappa shape index (κ2) is 10.7. The van der Waals surface area contributed by atoms with Crippen LogP contribution in [0.15, 0.2) is 64.6 Å². The number of barbiturate groups is 1. The van der Waals surface area contributed by atoms with E-state index in [1.165, 1.54) is 19.3 Å². The number of nitrogens with zero attached hydrogens (tertiary/aromatic N) is 1. The Balaban J connectivity index is 1.66. The topological polar surface area (TPSA) is 84.9 Å². The lowest BCUT2D eigenvalue weighted by atomic mass is 10.1. The van der Waals surface area contributed by atoms with Gasteiger partial charge in [-0.1, -0.05) is 63.4 Å². The number of rotatable bonds is 6. The van der Waals surface area contributed by atoms with Crippen LogP contribution in [-0.4, -0.2) is 25.0 Å². The molecule has 1 aliphatic rings. The molecule has 184 valence electrons. The van der Waals surface area contributed by atoms with Crippen LogP contribution in [0.3, 0.4) is 0 Å². The maximum atomic E-state index is 13.2. The Hall–Kier alpha value is -3.33. The van der Waals surface area contributed by atoms with Crippen LogP contribution in [0.25, 0.3) is 6.08 Å². The quantitative estimate of drug-likeness (QED) is 0.269. The number of nitrogens with one attached hydrogen (secondary N) is 1. The van der Waals surface area contributed by atoms with E-state index < -0.39 is 17.8 Å². The van der Waals surface area contributed by atoms with Crippen molar-refractivity contribution in [3.63, 3.8) is 0 Å². The Morgan fingerprint density at radius 2 is 1.75 bits per heavy atom. The Morgan fingerprint density at radius 1 is 1.00 bits per heavy atom. The summed E-state index contributed by atoms with van der Waals surface area (Å²) in [5, 5.41) is 3.16. The maximum Gasteiger partial charge on any atom is 0.335 e. The molecular formula is C26H19BrCl2N2O5. The maximum absolute atomic E-state index is 13.2. The monoisotopic (exact) mass is 588 g/mol. The van der Waals surface area contributed by atoms with Crippen molar-refractivity contribution in [1.82, 2.24) is 5.32 Å². The van der Waals surface area contributed by atoms with E-state index in [0.29, 0.717) is 31.6 Å².